The van der Waals surface area contributed by atoms with Gasteiger partial charge in [-0.05, 0) is 44.4 Å². The molecule has 2 aliphatic rings. The third-order valence-corrected chi connectivity index (χ3v) is 6.23. The zero-order chi connectivity index (χ0) is 21.7. The molecule has 0 atom stereocenters. The molecule has 0 saturated carbocycles. The number of benzene rings is 1. The fourth-order valence-corrected chi connectivity index (χ4v) is 4.39. The molecule has 0 aliphatic carbocycles. The summed E-state index contributed by atoms with van der Waals surface area (Å²) in [5, 5.41) is 3.57. The molecule has 2 fully saturated rings. The van der Waals surface area contributed by atoms with E-state index in [9.17, 15) is 0 Å². The molecule has 182 valence electrons. The van der Waals surface area contributed by atoms with Crippen LogP contribution >= 0.6 is 24.0 Å². The van der Waals surface area contributed by atoms with E-state index in [1.54, 1.807) is 7.11 Å². The van der Waals surface area contributed by atoms with Gasteiger partial charge in [-0.15, -0.1) is 24.0 Å². The highest BCUT2D eigenvalue weighted by Crippen LogP contribution is 2.16. The molecule has 7 nitrogen and oxygen atoms in total. The summed E-state index contributed by atoms with van der Waals surface area (Å²) in [6, 6.07) is 10.8. The topological polar surface area (TPSA) is 52.6 Å². The fraction of sp³-hybridized carbons (Fsp3) is 0.708. The SMILES string of the molecule is CN=C(NCCCN1CCN(c2ccccc2)CC1)N1CCC(OCCCOC)CC1.I. The van der Waals surface area contributed by atoms with Crippen LogP contribution < -0.4 is 10.2 Å². The van der Waals surface area contributed by atoms with Gasteiger partial charge in [0.25, 0.3) is 0 Å². The summed E-state index contributed by atoms with van der Waals surface area (Å²) in [6.45, 7) is 10.2. The maximum atomic E-state index is 5.97. The minimum atomic E-state index is 0. The molecule has 1 aromatic carbocycles. The largest absolute Gasteiger partial charge is 0.385 e. The summed E-state index contributed by atoms with van der Waals surface area (Å²) in [7, 11) is 3.63. The number of halogens is 1. The smallest absolute Gasteiger partial charge is 0.193 e. The lowest BCUT2D eigenvalue weighted by Crippen LogP contribution is -2.48. The van der Waals surface area contributed by atoms with Gasteiger partial charge in [-0.2, -0.15) is 0 Å². The fourth-order valence-electron chi connectivity index (χ4n) is 4.39. The van der Waals surface area contributed by atoms with Gasteiger partial charge in [-0.1, -0.05) is 18.2 Å². The second-order valence-corrected chi connectivity index (χ2v) is 8.40. The van der Waals surface area contributed by atoms with Crippen molar-refractivity contribution < 1.29 is 9.47 Å². The number of piperazine rings is 1. The number of hydrogen-bond acceptors (Lipinski definition) is 5. The van der Waals surface area contributed by atoms with Crippen LogP contribution in [0.4, 0.5) is 5.69 Å². The Hall–Kier alpha value is -1.10. The Morgan fingerprint density at radius 2 is 1.72 bits per heavy atom. The summed E-state index contributed by atoms with van der Waals surface area (Å²) in [5.41, 5.74) is 1.34. The predicted octanol–water partition coefficient (Wildman–Crippen LogP) is 2.91. The Bertz CT molecular complexity index is 633. The molecule has 3 rings (SSSR count). The number of anilines is 1. The van der Waals surface area contributed by atoms with E-state index in [-0.39, 0.29) is 24.0 Å². The normalized spacial score (nSPS) is 18.5. The van der Waals surface area contributed by atoms with Crippen LogP contribution in [0.1, 0.15) is 25.7 Å². The van der Waals surface area contributed by atoms with Gasteiger partial charge in [0.1, 0.15) is 0 Å². The summed E-state index contributed by atoms with van der Waals surface area (Å²) in [6.07, 6.45) is 4.63. The quantitative estimate of drug-likeness (QED) is 0.206. The first-order valence-corrected chi connectivity index (χ1v) is 11.9. The number of methoxy groups -OCH3 is 1. The molecule has 0 radical (unpaired) electrons. The number of rotatable bonds is 10. The molecule has 32 heavy (non-hydrogen) atoms. The molecule has 2 aliphatic heterocycles. The van der Waals surface area contributed by atoms with E-state index in [1.165, 1.54) is 5.69 Å². The van der Waals surface area contributed by atoms with Crippen LogP contribution in [0.2, 0.25) is 0 Å². The zero-order valence-corrected chi connectivity index (χ0v) is 22.2. The molecule has 0 unspecified atom stereocenters. The zero-order valence-electron chi connectivity index (χ0n) is 19.9. The lowest BCUT2D eigenvalue weighted by molar-refractivity contribution is 0.00991. The first kappa shape index (κ1) is 27.1. The second kappa shape index (κ2) is 15.7. The maximum Gasteiger partial charge on any atom is 0.193 e. The number of para-hydroxylation sites is 1. The summed E-state index contributed by atoms with van der Waals surface area (Å²) in [4.78, 5) is 11.9. The Morgan fingerprint density at radius 3 is 2.38 bits per heavy atom. The van der Waals surface area contributed by atoms with Gasteiger partial charge in [0.05, 0.1) is 6.10 Å². The first-order chi connectivity index (χ1) is 15.3. The lowest BCUT2D eigenvalue weighted by atomic mass is 10.1. The predicted molar refractivity (Wildman–Crippen MR) is 144 cm³/mol. The van der Waals surface area contributed by atoms with Gasteiger partial charge in [-0.3, -0.25) is 9.89 Å². The highest BCUT2D eigenvalue weighted by molar-refractivity contribution is 14.0. The number of likely N-dealkylation sites (tertiary alicyclic amines) is 1. The molecule has 2 heterocycles. The third kappa shape index (κ3) is 9.03. The van der Waals surface area contributed by atoms with E-state index in [4.69, 9.17) is 9.47 Å². The van der Waals surface area contributed by atoms with Crippen LogP contribution in [0.5, 0.6) is 0 Å². The van der Waals surface area contributed by atoms with Crippen molar-refractivity contribution >= 4 is 35.6 Å². The lowest BCUT2D eigenvalue weighted by Gasteiger charge is -2.36. The number of nitrogens with zero attached hydrogens (tertiary/aromatic N) is 4. The van der Waals surface area contributed by atoms with Gasteiger partial charge < -0.3 is 24.6 Å². The van der Waals surface area contributed by atoms with Crippen molar-refractivity contribution in [2.45, 2.75) is 31.8 Å². The number of hydrogen-bond donors (Lipinski definition) is 1. The van der Waals surface area contributed by atoms with Crippen LogP contribution in [0.3, 0.4) is 0 Å². The van der Waals surface area contributed by atoms with E-state index >= 15 is 0 Å². The van der Waals surface area contributed by atoms with E-state index in [0.717, 1.165) is 97.2 Å². The van der Waals surface area contributed by atoms with Gasteiger partial charge in [0.15, 0.2) is 5.96 Å². The molecule has 0 bridgehead atoms. The minimum Gasteiger partial charge on any atom is -0.385 e. The monoisotopic (exact) mass is 559 g/mol. The number of aliphatic imine (C=N–C) groups is 1. The van der Waals surface area contributed by atoms with Crippen LogP contribution in [0.15, 0.2) is 35.3 Å². The van der Waals surface area contributed by atoms with Gasteiger partial charge in [0, 0.05) is 78.9 Å². The van der Waals surface area contributed by atoms with Crippen molar-refractivity contribution in [1.29, 1.82) is 0 Å². The summed E-state index contributed by atoms with van der Waals surface area (Å²) >= 11 is 0. The molecule has 2 saturated heterocycles. The van der Waals surface area contributed by atoms with Gasteiger partial charge >= 0.3 is 0 Å². The Labute approximate surface area is 211 Å². The molecular weight excluding hydrogens is 517 g/mol. The molecular formula is C24H42IN5O2. The number of nitrogens with one attached hydrogen (secondary N) is 1. The molecule has 0 spiro atoms. The van der Waals surface area contributed by atoms with E-state index in [1.807, 2.05) is 7.05 Å². The van der Waals surface area contributed by atoms with Crippen molar-refractivity contribution in [1.82, 2.24) is 15.1 Å². The number of piperidine rings is 1. The van der Waals surface area contributed by atoms with Crippen LogP contribution in [0.25, 0.3) is 0 Å². The van der Waals surface area contributed by atoms with Gasteiger partial charge in [0.2, 0.25) is 0 Å². The molecule has 0 amide bonds. The molecule has 0 aromatic heterocycles. The van der Waals surface area contributed by atoms with Crippen LogP contribution in [-0.4, -0.2) is 102 Å². The highest BCUT2D eigenvalue weighted by Gasteiger charge is 2.22. The van der Waals surface area contributed by atoms with E-state index < -0.39 is 0 Å². The second-order valence-electron chi connectivity index (χ2n) is 8.40. The van der Waals surface area contributed by atoms with Crippen molar-refractivity contribution in [3.8, 4) is 0 Å². The van der Waals surface area contributed by atoms with E-state index in [0.29, 0.717) is 6.10 Å². The Morgan fingerprint density at radius 1 is 1.00 bits per heavy atom. The molecule has 1 N–H and O–H groups in total. The van der Waals surface area contributed by atoms with Crippen LogP contribution in [-0.2, 0) is 9.47 Å². The highest BCUT2D eigenvalue weighted by atomic mass is 127. The summed E-state index contributed by atoms with van der Waals surface area (Å²) in [5.74, 6) is 1.03. The number of ether oxygens (including phenoxy) is 2. The maximum absolute atomic E-state index is 5.97. The van der Waals surface area contributed by atoms with Crippen LogP contribution in [0, 0.1) is 0 Å². The van der Waals surface area contributed by atoms with Crippen molar-refractivity contribution in [3.63, 3.8) is 0 Å². The first-order valence-electron chi connectivity index (χ1n) is 11.9. The van der Waals surface area contributed by atoms with Crippen molar-refractivity contribution in [2.24, 2.45) is 4.99 Å². The average molecular weight is 560 g/mol. The third-order valence-electron chi connectivity index (χ3n) is 6.23. The summed E-state index contributed by atoms with van der Waals surface area (Å²) < 4.78 is 11.1. The Balaban J connectivity index is 0.00000363. The van der Waals surface area contributed by atoms with E-state index in [2.05, 4.69) is 55.3 Å². The average Bonchev–Trinajstić information content (AvgIpc) is 2.83. The molecule has 8 heteroatoms. The van der Waals surface area contributed by atoms with Gasteiger partial charge in [-0.25, -0.2) is 0 Å². The standard InChI is InChI=1S/C24H41N5O2.HI/c1-25-24(29-14-10-23(11-15-29)31-21-7-20-30-2)26-12-6-13-27-16-18-28(19-17-27)22-8-4-3-5-9-22;/h3-5,8-9,23H,6-7,10-21H2,1-2H3,(H,25,26);1H. The van der Waals surface area contributed by atoms with Crippen molar-refractivity contribution in [3.05, 3.63) is 30.3 Å². The number of guanidine groups is 1. The van der Waals surface area contributed by atoms with Crippen molar-refractivity contribution in [2.75, 3.05) is 84.6 Å². The Kier molecular flexibility index (Phi) is 13.3. The minimum absolute atomic E-state index is 0. The molecule has 1 aromatic rings.